The number of hydrogen-bond acceptors (Lipinski definition) is 4. The van der Waals surface area contributed by atoms with E-state index < -0.39 is 0 Å². The van der Waals surface area contributed by atoms with Crippen molar-refractivity contribution < 1.29 is 0 Å². The van der Waals surface area contributed by atoms with Crippen molar-refractivity contribution in [2.24, 2.45) is 5.92 Å². The molecule has 2 rings (SSSR count). The number of nitrogens with one attached hydrogen (secondary N) is 2. The number of nitrogens with zero attached hydrogens (tertiary/aromatic N) is 2. The number of aryl methyl sites for hydroxylation is 2. The Morgan fingerprint density at radius 2 is 2.41 bits per heavy atom. The Bertz CT molecular complexity index is 441. The van der Waals surface area contributed by atoms with Gasteiger partial charge < -0.3 is 10.6 Å². The summed E-state index contributed by atoms with van der Waals surface area (Å²) in [6, 6.07) is 4.18. The first-order valence-corrected chi connectivity index (χ1v) is 6.03. The van der Waals surface area contributed by atoms with E-state index in [9.17, 15) is 0 Å². The van der Waals surface area contributed by atoms with E-state index in [0.29, 0.717) is 11.5 Å². The van der Waals surface area contributed by atoms with Crippen LogP contribution in [-0.4, -0.2) is 24.6 Å². The van der Waals surface area contributed by atoms with Crippen molar-refractivity contribution in [3.8, 4) is 6.07 Å². The average Bonchev–Trinajstić information content (AvgIpc) is 2.78. The van der Waals surface area contributed by atoms with Gasteiger partial charge in [0.25, 0.3) is 0 Å². The van der Waals surface area contributed by atoms with Crippen molar-refractivity contribution in [1.29, 1.82) is 5.26 Å². The summed E-state index contributed by atoms with van der Waals surface area (Å²) in [6.07, 6.45) is 1.21. The largest absolute Gasteiger partial charge is 0.384 e. The molecule has 2 heterocycles. The van der Waals surface area contributed by atoms with Gasteiger partial charge in [-0.15, -0.1) is 0 Å². The summed E-state index contributed by atoms with van der Waals surface area (Å²) in [5, 5.41) is 15.9. The topological polar surface area (TPSA) is 60.7 Å². The first kappa shape index (κ1) is 11.9. The van der Waals surface area contributed by atoms with Gasteiger partial charge >= 0.3 is 0 Å². The Hall–Kier alpha value is -1.60. The van der Waals surface area contributed by atoms with Crippen LogP contribution in [0.3, 0.4) is 0 Å². The standard InChI is InChI=1S/C13H18N4/c1-9-5-13(12(6-14)10(2)17-9)16-8-11-3-4-15-7-11/h5,11,15H,3-4,7-8H2,1-2H3,(H,16,17). The van der Waals surface area contributed by atoms with Gasteiger partial charge in [-0.3, -0.25) is 4.98 Å². The fraction of sp³-hybridized carbons (Fsp3) is 0.538. The molecule has 1 aliphatic heterocycles. The lowest BCUT2D eigenvalue weighted by molar-refractivity contribution is 0.615. The molecule has 0 spiro atoms. The fourth-order valence-electron chi connectivity index (χ4n) is 2.25. The van der Waals surface area contributed by atoms with E-state index in [0.717, 1.165) is 36.7 Å². The maximum absolute atomic E-state index is 9.14. The zero-order valence-corrected chi connectivity index (χ0v) is 10.4. The molecule has 1 aromatic rings. The fourth-order valence-corrected chi connectivity index (χ4v) is 2.25. The summed E-state index contributed by atoms with van der Waals surface area (Å²) in [5.41, 5.74) is 3.35. The van der Waals surface area contributed by atoms with Gasteiger partial charge in [-0.1, -0.05) is 0 Å². The number of hydrogen-bond donors (Lipinski definition) is 2. The highest BCUT2D eigenvalue weighted by molar-refractivity contribution is 5.59. The van der Waals surface area contributed by atoms with Crippen LogP contribution in [0.1, 0.15) is 23.4 Å². The lowest BCUT2D eigenvalue weighted by atomic mass is 10.1. The van der Waals surface area contributed by atoms with Crippen molar-refractivity contribution in [2.75, 3.05) is 25.0 Å². The molecule has 1 unspecified atom stereocenters. The van der Waals surface area contributed by atoms with E-state index in [1.807, 2.05) is 19.9 Å². The van der Waals surface area contributed by atoms with Crippen LogP contribution in [0.4, 0.5) is 5.69 Å². The third kappa shape index (κ3) is 2.75. The summed E-state index contributed by atoms with van der Waals surface area (Å²) in [5.74, 6) is 0.662. The second kappa shape index (κ2) is 5.15. The third-order valence-corrected chi connectivity index (χ3v) is 3.18. The Labute approximate surface area is 102 Å². The highest BCUT2D eigenvalue weighted by atomic mass is 14.9. The Morgan fingerprint density at radius 1 is 1.59 bits per heavy atom. The van der Waals surface area contributed by atoms with E-state index in [1.165, 1.54) is 6.42 Å². The first-order chi connectivity index (χ1) is 8.20. The minimum Gasteiger partial charge on any atom is -0.384 e. The zero-order valence-electron chi connectivity index (χ0n) is 10.4. The van der Waals surface area contributed by atoms with Crippen molar-refractivity contribution in [1.82, 2.24) is 10.3 Å². The zero-order chi connectivity index (χ0) is 12.3. The molecule has 1 saturated heterocycles. The van der Waals surface area contributed by atoms with Gasteiger partial charge in [-0.05, 0) is 45.3 Å². The van der Waals surface area contributed by atoms with Crippen molar-refractivity contribution in [2.45, 2.75) is 20.3 Å². The maximum Gasteiger partial charge on any atom is 0.103 e. The Kier molecular flexibility index (Phi) is 3.60. The third-order valence-electron chi connectivity index (χ3n) is 3.18. The molecule has 0 aliphatic carbocycles. The van der Waals surface area contributed by atoms with Gasteiger partial charge in [0.05, 0.1) is 16.9 Å². The molecule has 4 heteroatoms. The maximum atomic E-state index is 9.14. The van der Waals surface area contributed by atoms with Gasteiger partial charge in [0.1, 0.15) is 6.07 Å². The second-order valence-corrected chi connectivity index (χ2v) is 4.62. The van der Waals surface area contributed by atoms with Crippen LogP contribution in [0.2, 0.25) is 0 Å². The number of anilines is 1. The highest BCUT2D eigenvalue weighted by Crippen LogP contribution is 2.19. The molecule has 0 saturated carbocycles. The van der Waals surface area contributed by atoms with E-state index in [-0.39, 0.29) is 0 Å². The normalized spacial score (nSPS) is 19.0. The van der Waals surface area contributed by atoms with E-state index in [4.69, 9.17) is 5.26 Å². The summed E-state index contributed by atoms with van der Waals surface area (Å²) >= 11 is 0. The molecule has 90 valence electrons. The van der Waals surface area contributed by atoms with Gasteiger partial charge in [0, 0.05) is 12.2 Å². The average molecular weight is 230 g/mol. The summed E-state index contributed by atoms with van der Waals surface area (Å²) in [7, 11) is 0. The van der Waals surface area contributed by atoms with Gasteiger partial charge in [0.15, 0.2) is 0 Å². The molecule has 0 amide bonds. The molecule has 1 aliphatic rings. The molecule has 0 bridgehead atoms. The number of rotatable bonds is 3. The van der Waals surface area contributed by atoms with Gasteiger partial charge in [-0.25, -0.2) is 0 Å². The van der Waals surface area contributed by atoms with E-state index >= 15 is 0 Å². The Morgan fingerprint density at radius 3 is 3.06 bits per heavy atom. The molecule has 0 radical (unpaired) electrons. The number of aromatic nitrogens is 1. The number of pyridine rings is 1. The minimum atomic E-state index is 0.662. The van der Waals surface area contributed by atoms with Crippen LogP contribution in [0.15, 0.2) is 6.07 Å². The van der Waals surface area contributed by atoms with Crippen molar-refractivity contribution in [3.63, 3.8) is 0 Å². The minimum absolute atomic E-state index is 0.662. The molecule has 1 fully saturated rings. The van der Waals surface area contributed by atoms with E-state index in [2.05, 4.69) is 21.7 Å². The predicted molar refractivity (Wildman–Crippen MR) is 67.9 cm³/mol. The Balaban J connectivity index is 2.11. The summed E-state index contributed by atoms with van der Waals surface area (Å²) in [4.78, 5) is 4.31. The van der Waals surface area contributed by atoms with Crippen LogP contribution >= 0.6 is 0 Å². The monoisotopic (exact) mass is 230 g/mol. The molecule has 1 aromatic heterocycles. The van der Waals surface area contributed by atoms with Crippen molar-refractivity contribution >= 4 is 5.69 Å². The van der Waals surface area contributed by atoms with Crippen LogP contribution in [0, 0.1) is 31.1 Å². The van der Waals surface area contributed by atoms with Crippen LogP contribution in [0.5, 0.6) is 0 Å². The van der Waals surface area contributed by atoms with Crippen LogP contribution in [0.25, 0.3) is 0 Å². The van der Waals surface area contributed by atoms with Crippen LogP contribution in [-0.2, 0) is 0 Å². The molecule has 17 heavy (non-hydrogen) atoms. The predicted octanol–water partition coefficient (Wildman–Crippen LogP) is 1.59. The molecular formula is C13H18N4. The van der Waals surface area contributed by atoms with Gasteiger partial charge in [-0.2, -0.15) is 5.26 Å². The second-order valence-electron chi connectivity index (χ2n) is 4.62. The highest BCUT2D eigenvalue weighted by Gasteiger charge is 2.15. The first-order valence-electron chi connectivity index (χ1n) is 6.03. The smallest absolute Gasteiger partial charge is 0.103 e. The molecule has 2 N–H and O–H groups in total. The summed E-state index contributed by atoms with van der Waals surface area (Å²) in [6.45, 7) is 6.93. The summed E-state index contributed by atoms with van der Waals surface area (Å²) < 4.78 is 0. The van der Waals surface area contributed by atoms with E-state index in [1.54, 1.807) is 0 Å². The van der Waals surface area contributed by atoms with Gasteiger partial charge in [0.2, 0.25) is 0 Å². The molecule has 0 aromatic carbocycles. The number of nitriles is 1. The lowest BCUT2D eigenvalue weighted by Crippen LogP contribution is -2.18. The quantitative estimate of drug-likeness (QED) is 0.828. The lowest BCUT2D eigenvalue weighted by Gasteiger charge is -2.14. The SMILES string of the molecule is Cc1cc(NCC2CCNC2)c(C#N)c(C)n1. The molecule has 1 atom stereocenters. The molecule has 4 nitrogen and oxygen atoms in total. The molecular weight excluding hydrogens is 212 g/mol. The van der Waals surface area contributed by atoms with Crippen LogP contribution < -0.4 is 10.6 Å². The van der Waals surface area contributed by atoms with Crippen molar-refractivity contribution in [3.05, 3.63) is 23.0 Å².